The van der Waals surface area contributed by atoms with E-state index in [9.17, 15) is 54.7 Å². The number of thiazole rings is 1. The monoisotopic (exact) mass is 1510 g/mol. The first-order chi connectivity index (χ1) is 48.2. The number of aromatic nitrogens is 14. The Balaban J connectivity index is 0.000000140. The molecule has 540 valence electrons. The van der Waals surface area contributed by atoms with Gasteiger partial charge in [-0.3, -0.25) is 25.5 Å². The summed E-state index contributed by atoms with van der Waals surface area (Å²) in [5.74, 6) is -5.14. The van der Waals surface area contributed by atoms with Crippen molar-refractivity contribution in [2.75, 3.05) is 57.3 Å². The van der Waals surface area contributed by atoms with Crippen molar-refractivity contribution in [3.8, 4) is 0 Å². The van der Waals surface area contributed by atoms with Gasteiger partial charge in [0.2, 0.25) is 23.0 Å². The van der Waals surface area contributed by atoms with Gasteiger partial charge in [-0.25, -0.2) is 53.3 Å². The van der Waals surface area contributed by atoms with Gasteiger partial charge in [0.05, 0.1) is 32.1 Å². The summed E-state index contributed by atoms with van der Waals surface area (Å²) in [5.41, 5.74) is 18.7. The molecule has 4 aliphatic heterocycles. The Bertz CT molecular complexity index is 5170. The number of aliphatic hydroxyl groups is 4. The number of imidazole rings is 3. The highest BCUT2D eigenvalue weighted by molar-refractivity contribution is 8.11. The lowest BCUT2D eigenvalue weighted by Gasteiger charge is -2.25. The fourth-order valence-corrected chi connectivity index (χ4v) is 16.2. The Morgan fingerprint density at radius 1 is 0.892 bits per heavy atom. The first kappa shape index (κ1) is 75.8. The van der Waals surface area contributed by atoms with Crippen LogP contribution < -0.4 is 38.0 Å². The van der Waals surface area contributed by atoms with E-state index < -0.39 is 84.7 Å². The number of nitrogens with two attached hydrogens (primary N) is 3. The number of ether oxygens (including phenoxy) is 1. The molecular weight excluding hydrogens is 1440 g/mol. The fraction of sp³-hybridized carbons (Fsp3) is 0.321. The molecule has 4 fully saturated rings. The molecule has 0 bridgehead atoms. The Morgan fingerprint density at radius 3 is 2.09 bits per heavy atom. The Kier molecular flexibility index (Phi) is 23.5. The number of carbonyl (C=O) groups excluding carboxylic acids is 1. The van der Waals surface area contributed by atoms with Crippen LogP contribution in [0.5, 0.6) is 0 Å². The average Bonchev–Trinajstić information content (AvgIpc) is 1.57. The van der Waals surface area contributed by atoms with Gasteiger partial charge in [0.15, 0.2) is 26.4 Å². The summed E-state index contributed by atoms with van der Waals surface area (Å²) in [7, 11) is 1.65. The van der Waals surface area contributed by atoms with Crippen LogP contribution >= 0.6 is 41.8 Å². The highest BCUT2D eigenvalue weighted by Crippen LogP contribution is 2.65. The number of benzene rings is 2. The predicted molar refractivity (Wildman–Crippen MR) is 366 cm³/mol. The van der Waals surface area contributed by atoms with Crippen LogP contribution in [-0.4, -0.2) is 208 Å². The maximum absolute atomic E-state index is 11.4. The smallest absolute Gasteiger partial charge is 0.458 e. The molecule has 4 aliphatic rings. The number of aryl methyl sites for hydroxylation is 4. The third-order valence-corrected chi connectivity index (χ3v) is 22.7. The van der Waals surface area contributed by atoms with Crippen molar-refractivity contribution in [3.63, 3.8) is 0 Å². The lowest BCUT2D eigenvalue weighted by Crippen LogP contribution is -2.44. The summed E-state index contributed by atoms with van der Waals surface area (Å²) in [5, 5.41) is 111. The van der Waals surface area contributed by atoms with Crippen LogP contribution in [0.15, 0.2) is 90.5 Å². The lowest BCUT2D eigenvalue weighted by molar-refractivity contribution is -0.672. The van der Waals surface area contributed by atoms with Crippen molar-refractivity contribution < 1.29 is 83.0 Å². The number of nitrogens with zero attached hydrogens (tertiary/aromatic N) is 14. The SMILES string of the molecule is Cc1cc2cc3c(C)cc(=O)oc3c(C)c2o1.Cn1cnc([N+](=O)[O-])c1Sc1nc(=N)[nH]c2[nH]cnc12.NC(=O)c1csc([C@@H]2O[C@H](CO)[C@@H](O)[C@H]2O)n1.Nc1n[n+]([O-])c2ccccc2[n+]1[O-].Nc1nc(=S)c2[nH]cnc2[nH]1.O=C(O)CC(O)(CC(=O)O)C(=O)O.S=P(N1CC1)(N1CC1)N1CC1. The van der Waals surface area contributed by atoms with E-state index in [4.69, 9.17) is 85.7 Å². The van der Waals surface area contributed by atoms with Gasteiger partial charge in [-0.2, -0.15) is 0 Å². The molecule has 0 unspecified atom stereocenters. The van der Waals surface area contributed by atoms with Crippen LogP contribution in [0.25, 0.3) is 55.3 Å². The number of carboxylic acid groups (broad SMARTS) is 3. The number of carboxylic acids is 3. The van der Waals surface area contributed by atoms with Crippen LogP contribution in [0.4, 0.5) is 17.7 Å². The minimum absolute atomic E-state index is 0.0610. The van der Waals surface area contributed by atoms with Gasteiger partial charge in [0, 0.05) is 85.0 Å². The Labute approximate surface area is 588 Å². The van der Waals surface area contributed by atoms with Gasteiger partial charge in [-0.05, 0) is 78.0 Å². The summed E-state index contributed by atoms with van der Waals surface area (Å²) in [6, 6.07) is 11.8. The number of H-pyrrole nitrogens is 4. The maximum atomic E-state index is 11.4. The summed E-state index contributed by atoms with van der Waals surface area (Å²) >= 11 is 12.8. The minimum Gasteiger partial charge on any atom is -0.739 e. The highest BCUT2D eigenvalue weighted by atomic mass is 32.4. The zero-order chi connectivity index (χ0) is 74.4. The zero-order valence-electron chi connectivity index (χ0n) is 53.6. The van der Waals surface area contributed by atoms with Crippen molar-refractivity contribution >= 4 is 150 Å². The average molecular weight is 1510 g/mol. The number of fused-ring (bicyclic) bond motifs is 5. The second-order valence-corrected chi connectivity index (χ2v) is 28.8. The molecule has 0 saturated carbocycles. The van der Waals surface area contributed by atoms with E-state index in [2.05, 4.69) is 68.9 Å². The van der Waals surface area contributed by atoms with Gasteiger partial charge < -0.3 is 106 Å². The second-order valence-electron chi connectivity index (χ2n) is 22.4. The van der Waals surface area contributed by atoms with Crippen LogP contribution in [0.1, 0.15) is 51.3 Å². The molecular formula is C56H63N22O19PS4. The molecule has 41 nitrogen and oxygen atoms in total. The van der Waals surface area contributed by atoms with Crippen LogP contribution in [0.2, 0.25) is 0 Å². The van der Waals surface area contributed by atoms with Gasteiger partial charge in [-0.1, -0.05) is 24.4 Å². The summed E-state index contributed by atoms with van der Waals surface area (Å²) < 4.78 is 26.0. The van der Waals surface area contributed by atoms with E-state index in [0.29, 0.717) is 57.2 Å². The van der Waals surface area contributed by atoms with Crippen molar-refractivity contribution in [1.82, 2.24) is 73.5 Å². The number of nitrogens with one attached hydrogen (secondary N) is 5. The summed E-state index contributed by atoms with van der Waals surface area (Å²) in [4.78, 5) is 98.2. The van der Waals surface area contributed by atoms with E-state index >= 15 is 0 Å². The molecule has 4 atom stereocenters. The molecule has 102 heavy (non-hydrogen) atoms. The molecule has 0 aliphatic carbocycles. The first-order valence-corrected chi connectivity index (χ1v) is 34.4. The largest absolute Gasteiger partial charge is 0.739 e. The minimum atomic E-state index is -2.74. The number of aromatic amines is 4. The fourth-order valence-electron chi connectivity index (χ4n) is 9.71. The number of primary amides is 1. The topological polar surface area (TPSA) is 629 Å². The van der Waals surface area contributed by atoms with E-state index in [-0.39, 0.29) is 45.7 Å². The van der Waals surface area contributed by atoms with Gasteiger partial charge >= 0.3 is 35.3 Å². The number of rotatable bonds is 14. The molecule has 9 aromatic heterocycles. The molecule has 11 aromatic rings. The van der Waals surface area contributed by atoms with Crippen molar-refractivity contribution in [2.45, 2.75) is 73.7 Å². The standard InChI is InChI=1S/C14H12O3.C9H8N8O2S.C9H12N2O5S.C7H6N4O2.C6H12N3PS.C6H8O7.C5H5N5S/c1-7-4-12(15)17-14-9(3)13-10(6-11(7)14)5-8(2)16-13;1-16-3-13-6(17(18)19)8(16)20-7-4-5(12-2-11-4)14-9(10)15-7;10-8(15)3-2-17-9(11-3)7-6(14)5(13)4(1-12)16-7;8-7-9-11(13)6-4-2-1-3-5(6)10(7)12;11-10(7-1-2-7,8-3-4-8)9-5-6-9;7-3(8)1-6(13,5(11)12)2-4(9)10;6-5-9-3-2(4(11)10-5)7-1-8-3/h4-6H,1-3H3;2-3H,1H3,(H3,10,11,12,14,15);2,4-7,12-14H,1H2,(H2,10,15);1-4H,(H2,8,9);1-6H2;13H,1-2H2,(H,7,8)(H,9,10)(H,11,12);1H,(H4,6,7,8,9,10,11)/t;;4-,5-,6-,7-;;;;/m..1..../s1. The number of nitrogen functional groups attached to an aromatic ring is 2. The van der Waals surface area contributed by atoms with E-state index in [0.717, 1.165) is 56.3 Å². The number of amides is 1. The Morgan fingerprint density at radius 2 is 1.52 bits per heavy atom. The number of carbonyl (C=O) groups is 4. The molecule has 0 spiro atoms. The number of furan rings is 1. The zero-order valence-corrected chi connectivity index (χ0v) is 57.8. The number of para-hydroxylation sites is 2. The normalized spacial score (nSPS) is 16.9. The first-order valence-electron chi connectivity index (χ1n) is 29.7. The van der Waals surface area contributed by atoms with Crippen LogP contribution in [-0.2, 0) is 38.0 Å². The number of aliphatic hydroxyl groups excluding tert-OH is 3. The quantitative estimate of drug-likeness (QED) is 0.00831. The third kappa shape index (κ3) is 17.6. The predicted octanol–water partition coefficient (Wildman–Crippen LogP) is 1.01. The molecule has 1 amide bonds. The van der Waals surface area contributed by atoms with E-state index in [1.807, 2.05) is 32.9 Å². The van der Waals surface area contributed by atoms with Crippen LogP contribution in [0.3, 0.4) is 0 Å². The number of nitro groups is 1. The maximum Gasteiger partial charge on any atom is 0.458 e. The van der Waals surface area contributed by atoms with Gasteiger partial charge in [0.25, 0.3) is 11.4 Å². The second kappa shape index (κ2) is 31.6. The van der Waals surface area contributed by atoms with Crippen molar-refractivity contribution in [2.24, 2.45) is 12.8 Å². The van der Waals surface area contributed by atoms with Gasteiger partial charge in [-0.15, -0.1) is 11.3 Å². The molecule has 4 saturated heterocycles. The van der Waals surface area contributed by atoms with E-state index in [1.54, 1.807) is 19.2 Å². The van der Waals surface area contributed by atoms with E-state index in [1.165, 1.54) is 86.4 Å². The van der Waals surface area contributed by atoms with Crippen molar-refractivity contribution in [1.29, 1.82) is 5.41 Å². The highest BCUT2D eigenvalue weighted by Gasteiger charge is 2.51. The molecule has 46 heteroatoms. The lowest BCUT2D eigenvalue weighted by atomic mass is 9.96. The van der Waals surface area contributed by atoms with Gasteiger partial charge in [0.1, 0.15) is 80.2 Å². The number of aliphatic carboxylic acids is 3. The Hall–Kier alpha value is -10.4. The molecule has 18 N–H and O–H groups in total. The number of anilines is 2. The van der Waals surface area contributed by atoms with Crippen LogP contribution in [0, 0.1) is 51.3 Å². The van der Waals surface area contributed by atoms with Crippen molar-refractivity contribution in [3.05, 3.63) is 136 Å². The third-order valence-electron chi connectivity index (χ3n) is 14.9. The summed E-state index contributed by atoms with van der Waals surface area (Å²) in [6.07, 6.45) is -1.98. The number of hydrogen-bond donors (Lipinski definition) is 15. The molecule has 0 radical (unpaired) electrons. The molecule has 2 aromatic carbocycles. The molecule has 15 rings (SSSR count). The summed E-state index contributed by atoms with van der Waals surface area (Å²) in [6.45, 7) is 11.6. The molecule has 13 heterocycles. The number of hydrogen-bond acceptors (Lipinski definition) is 30.